The number of esters is 2. The van der Waals surface area contributed by atoms with Gasteiger partial charge in [-0.2, -0.15) is 0 Å². The summed E-state index contributed by atoms with van der Waals surface area (Å²) < 4.78 is 18.1. The Labute approximate surface area is 248 Å². The summed E-state index contributed by atoms with van der Waals surface area (Å²) in [5.74, 6) is -0.146. The molecule has 210 valence electrons. The van der Waals surface area contributed by atoms with E-state index in [0.29, 0.717) is 37.7 Å². The van der Waals surface area contributed by atoms with Crippen LogP contribution in [0, 0.1) is 0 Å². The largest absolute Gasteiger partial charge is 0.465 e. The Hall–Kier alpha value is -3.86. The van der Waals surface area contributed by atoms with Crippen LogP contribution in [0.25, 0.3) is 17.4 Å². The first-order valence-corrected chi connectivity index (χ1v) is 15.0. The molecular weight excluding hydrogens is 584 g/mol. The molecule has 0 spiro atoms. The minimum atomic E-state index is -0.693. The van der Waals surface area contributed by atoms with Gasteiger partial charge in [0.15, 0.2) is 4.80 Å². The number of fused-ring (bicyclic) bond motifs is 1. The van der Waals surface area contributed by atoms with Gasteiger partial charge < -0.3 is 13.9 Å². The van der Waals surface area contributed by atoms with Crippen LogP contribution in [0.5, 0.6) is 0 Å². The Bertz CT molecular complexity index is 1870. The standard InChI is InChI=1S/C30H25ClN2O6S2/c1-5-38-29(36)25-16(2)32-30-33(26(25)17-6-10-20(40-4)11-7-17)27(34)24(41-30)15-19-9-13-23(39-19)18-8-12-22(31)21(14-18)28(35)37-3/h6-15,26H,5H2,1-4H3/b24-15-/t26-/m1/s1. The topological polar surface area (TPSA) is 100 Å². The maximum absolute atomic E-state index is 13.8. The molecule has 41 heavy (non-hydrogen) atoms. The van der Waals surface area contributed by atoms with Crippen LogP contribution >= 0.6 is 34.7 Å². The third-order valence-corrected chi connectivity index (χ3v) is 8.56. The van der Waals surface area contributed by atoms with Crippen molar-refractivity contribution in [2.24, 2.45) is 4.99 Å². The number of nitrogens with zero attached hydrogens (tertiary/aromatic N) is 2. The van der Waals surface area contributed by atoms with Gasteiger partial charge in [0, 0.05) is 16.5 Å². The summed E-state index contributed by atoms with van der Waals surface area (Å²) in [5.41, 5.74) is 2.14. The van der Waals surface area contributed by atoms with Crippen molar-refractivity contribution in [2.45, 2.75) is 24.8 Å². The normalized spacial score (nSPS) is 15.0. The molecule has 3 heterocycles. The zero-order chi connectivity index (χ0) is 29.3. The zero-order valence-electron chi connectivity index (χ0n) is 22.6. The lowest BCUT2D eigenvalue weighted by Crippen LogP contribution is -2.39. The van der Waals surface area contributed by atoms with Crippen molar-refractivity contribution < 1.29 is 23.5 Å². The molecule has 0 fully saturated rings. The van der Waals surface area contributed by atoms with E-state index >= 15 is 0 Å². The third-order valence-electron chi connectivity index (χ3n) is 6.50. The van der Waals surface area contributed by atoms with Crippen LogP contribution in [0.4, 0.5) is 0 Å². The number of methoxy groups -OCH3 is 1. The summed E-state index contributed by atoms with van der Waals surface area (Å²) in [6.07, 6.45) is 3.62. The molecule has 0 aliphatic carbocycles. The van der Waals surface area contributed by atoms with Crippen molar-refractivity contribution in [1.82, 2.24) is 4.57 Å². The lowest BCUT2D eigenvalue weighted by Gasteiger charge is -2.24. The molecule has 1 aliphatic heterocycles. The van der Waals surface area contributed by atoms with Gasteiger partial charge >= 0.3 is 11.9 Å². The van der Waals surface area contributed by atoms with Crippen LogP contribution in [0.15, 0.2) is 85.0 Å². The van der Waals surface area contributed by atoms with Gasteiger partial charge in [0.1, 0.15) is 11.5 Å². The molecule has 2 aromatic carbocycles. The van der Waals surface area contributed by atoms with Crippen molar-refractivity contribution in [3.05, 3.63) is 107 Å². The average Bonchev–Trinajstić information content (AvgIpc) is 3.56. The Kier molecular flexibility index (Phi) is 8.35. The minimum absolute atomic E-state index is 0.202. The summed E-state index contributed by atoms with van der Waals surface area (Å²) in [7, 11) is 1.29. The molecular formula is C30H25ClN2O6S2. The molecule has 1 atom stereocenters. The molecule has 2 aromatic heterocycles. The maximum atomic E-state index is 13.8. The van der Waals surface area contributed by atoms with Gasteiger partial charge in [-0.05, 0) is 68.1 Å². The molecule has 11 heteroatoms. The van der Waals surface area contributed by atoms with E-state index in [0.717, 1.165) is 10.5 Å². The molecule has 4 aromatic rings. The number of carbonyl (C=O) groups is 2. The van der Waals surface area contributed by atoms with Gasteiger partial charge in [-0.25, -0.2) is 14.6 Å². The number of hydrogen-bond acceptors (Lipinski definition) is 9. The van der Waals surface area contributed by atoms with Crippen molar-refractivity contribution in [2.75, 3.05) is 20.0 Å². The molecule has 0 saturated heterocycles. The number of thioether (sulfide) groups is 1. The van der Waals surface area contributed by atoms with E-state index in [1.807, 2.05) is 30.5 Å². The van der Waals surface area contributed by atoms with E-state index in [1.165, 1.54) is 23.0 Å². The van der Waals surface area contributed by atoms with Gasteiger partial charge in [0.2, 0.25) is 0 Å². The fourth-order valence-corrected chi connectivity index (χ4v) is 6.18. The Morgan fingerprint density at radius 1 is 1.15 bits per heavy atom. The summed E-state index contributed by atoms with van der Waals surface area (Å²) in [5, 5.41) is 0.267. The number of allylic oxidation sites excluding steroid dienone is 1. The van der Waals surface area contributed by atoms with Crippen LogP contribution < -0.4 is 14.9 Å². The lowest BCUT2D eigenvalue weighted by molar-refractivity contribution is -0.139. The highest BCUT2D eigenvalue weighted by Gasteiger charge is 2.33. The highest BCUT2D eigenvalue weighted by molar-refractivity contribution is 7.98. The maximum Gasteiger partial charge on any atom is 0.339 e. The first kappa shape index (κ1) is 28.7. The van der Waals surface area contributed by atoms with E-state index in [4.69, 9.17) is 25.5 Å². The second-order valence-corrected chi connectivity index (χ2v) is 11.3. The highest BCUT2D eigenvalue weighted by atomic mass is 35.5. The van der Waals surface area contributed by atoms with Crippen LogP contribution in [0.2, 0.25) is 5.02 Å². The van der Waals surface area contributed by atoms with Crippen molar-refractivity contribution in [1.29, 1.82) is 0 Å². The summed E-state index contributed by atoms with van der Waals surface area (Å²) in [6.45, 7) is 3.69. The number of thiazole rings is 1. The third kappa shape index (κ3) is 5.55. The van der Waals surface area contributed by atoms with Gasteiger partial charge in [-0.3, -0.25) is 9.36 Å². The quantitative estimate of drug-likeness (QED) is 0.209. The van der Waals surface area contributed by atoms with E-state index < -0.39 is 18.0 Å². The Balaban J connectivity index is 1.59. The summed E-state index contributed by atoms with van der Waals surface area (Å²) >= 11 is 8.96. The number of rotatable bonds is 7. The van der Waals surface area contributed by atoms with Crippen LogP contribution in [0.3, 0.4) is 0 Å². The fraction of sp³-hybridized carbons (Fsp3) is 0.200. The Morgan fingerprint density at radius 3 is 2.59 bits per heavy atom. The number of ether oxygens (including phenoxy) is 2. The first-order valence-electron chi connectivity index (χ1n) is 12.6. The molecule has 8 nitrogen and oxygen atoms in total. The van der Waals surface area contributed by atoms with E-state index in [2.05, 4.69) is 4.99 Å². The molecule has 0 radical (unpaired) electrons. The van der Waals surface area contributed by atoms with Gasteiger partial charge in [-0.1, -0.05) is 35.1 Å². The average molecular weight is 609 g/mol. The molecule has 0 bridgehead atoms. The summed E-state index contributed by atoms with van der Waals surface area (Å²) in [4.78, 5) is 45.1. The first-order chi connectivity index (χ1) is 19.7. The molecule has 0 amide bonds. The number of hydrogen-bond donors (Lipinski definition) is 0. The lowest BCUT2D eigenvalue weighted by atomic mass is 9.96. The van der Waals surface area contributed by atoms with Gasteiger partial charge in [-0.15, -0.1) is 11.8 Å². The molecule has 0 unspecified atom stereocenters. The Morgan fingerprint density at radius 2 is 1.90 bits per heavy atom. The van der Waals surface area contributed by atoms with Crippen molar-refractivity contribution >= 4 is 52.7 Å². The van der Waals surface area contributed by atoms with E-state index in [1.54, 1.807) is 62.0 Å². The van der Waals surface area contributed by atoms with Crippen molar-refractivity contribution in [3.63, 3.8) is 0 Å². The van der Waals surface area contributed by atoms with Crippen LogP contribution in [0.1, 0.15) is 41.6 Å². The molecule has 0 saturated carbocycles. The second kappa shape index (κ2) is 11.9. The number of carbonyl (C=O) groups excluding carboxylic acids is 2. The number of aromatic nitrogens is 1. The monoisotopic (exact) mass is 608 g/mol. The van der Waals surface area contributed by atoms with E-state index in [9.17, 15) is 14.4 Å². The zero-order valence-corrected chi connectivity index (χ0v) is 25.0. The van der Waals surface area contributed by atoms with Crippen molar-refractivity contribution in [3.8, 4) is 11.3 Å². The fourth-order valence-electron chi connectivity index (χ4n) is 4.55. The predicted molar refractivity (Wildman–Crippen MR) is 159 cm³/mol. The van der Waals surface area contributed by atoms with Crippen LogP contribution in [-0.2, 0) is 14.3 Å². The predicted octanol–water partition coefficient (Wildman–Crippen LogP) is 5.22. The number of furan rings is 1. The summed E-state index contributed by atoms with van der Waals surface area (Å²) in [6, 6.07) is 15.4. The number of benzene rings is 2. The molecule has 1 aliphatic rings. The second-order valence-electron chi connectivity index (χ2n) is 8.96. The molecule has 5 rings (SSSR count). The smallest absolute Gasteiger partial charge is 0.339 e. The van der Waals surface area contributed by atoms with Gasteiger partial charge in [0.25, 0.3) is 5.56 Å². The highest BCUT2D eigenvalue weighted by Crippen LogP contribution is 2.32. The SMILES string of the molecule is CCOC(=O)C1=C(C)N=c2s/c(=C\c3ccc(-c4ccc(Cl)c(C(=O)OC)c4)o3)c(=O)n2[C@@H]1c1ccc(SC)cc1. The molecule has 0 N–H and O–H groups in total. The van der Waals surface area contributed by atoms with E-state index in [-0.39, 0.29) is 22.8 Å². The van der Waals surface area contributed by atoms with Gasteiger partial charge in [0.05, 0.1) is 46.1 Å². The number of halogens is 1. The van der Waals surface area contributed by atoms with Crippen LogP contribution in [-0.4, -0.2) is 36.5 Å². The minimum Gasteiger partial charge on any atom is -0.465 e.